The molecule has 0 saturated carbocycles. The number of amides is 1. The minimum absolute atomic E-state index is 0.0768. The van der Waals surface area contributed by atoms with E-state index in [1.165, 1.54) is 22.6 Å². The zero-order chi connectivity index (χ0) is 22.9. The smallest absolute Gasteiger partial charge is 0.345 e. The van der Waals surface area contributed by atoms with E-state index in [2.05, 4.69) is 24.0 Å². The summed E-state index contributed by atoms with van der Waals surface area (Å²) in [6, 6.07) is 16.1. The Morgan fingerprint density at radius 1 is 1.22 bits per heavy atom. The first-order valence-electron chi connectivity index (χ1n) is 10.9. The van der Waals surface area contributed by atoms with Crippen molar-refractivity contribution in [3.05, 3.63) is 77.2 Å². The average Bonchev–Trinajstić information content (AvgIpc) is 2.97. The van der Waals surface area contributed by atoms with Gasteiger partial charge in [0.1, 0.15) is 11.4 Å². The van der Waals surface area contributed by atoms with Crippen LogP contribution in [-0.2, 0) is 20.9 Å². The van der Waals surface area contributed by atoms with Crippen LogP contribution in [0.4, 0.5) is 10.1 Å². The molecule has 2 aromatic carbocycles. The topological polar surface area (TPSA) is 75.9 Å². The van der Waals surface area contributed by atoms with Crippen LogP contribution in [0.15, 0.2) is 65.9 Å². The Balaban J connectivity index is 1.71. The third-order valence-corrected chi connectivity index (χ3v) is 6.46. The molecule has 0 bridgehead atoms. The van der Waals surface area contributed by atoms with Crippen molar-refractivity contribution in [2.45, 2.75) is 44.8 Å². The Hall–Kier alpha value is -3.19. The minimum atomic E-state index is -0.903. The van der Waals surface area contributed by atoms with Gasteiger partial charge in [0.15, 0.2) is 0 Å². The molecule has 2 aliphatic rings. The number of hydrogen-bond donors (Lipinski definition) is 1. The van der Waals surface area contributed by atoms with Gasteiger partial charge >= 0.3 is 5.97 Å². The van der Waals surface area contributed by atoms with Crippen LogP contribution in [0.2, 0.25) is 0 Å². The Bertz CT molecular complexity index is 1060. The first-order valence-corrected chi connectivity index (χ1v) is 10.9. The van der Waals surface area contributed by atoms with Crippen LogP contribution in [0.25, 0.3) is 0 Å². The highest BCUT2D eigenvalue weighted by Crippen LogP contribution is 2.45. The summed E-state index contributed by atoms with van der Waals surface area (Å²) in [5.74, 6) is -1.72. The van der Waals surface area contributed by atoms with Gasteiger partial charge in [-0.15, -0.1) is 0 Å². The molecule has 2 aromatic rings. The van der Waals surface area contributed by atoms with E-state index >= 15 is 0 Å². The highest BCUT2D eigenvalue weighted by Gasteiger charge is 2.55. The van der Waals surface area contributed by atoms with Crippen molar-refractivity contribution < 1.29 is 18.7 Å². The minimum Gasteiger partial charge on any atom is -0.462 e. The maximum atomic E-state index is 14.1. The van der Waals surface area contributed by atoms with Crippen molar-refractivity contribution in [1.82, 2.24) is 4.90 Å². The SMILES string of the molecule is CCOC(=O)C1=C(N)C2(CCN(Cc3ccccc3)C(C)C2)N(c2cccc(F)c2)C1=O. The Kier molecular flexibility index (Phi) is 6.02. The van der Waals surface area contributed by atoms with E-state index in [1.807, 2.05) is 18.2 Å². The lowest BCUT2D eigenvalue weighted by molar-refractivity contribution is -0.139. The van der Waals surface area contributed by atoms with Crippen molar-refractivity contribution in [3.63, 3.8) is 0 Å². The molecule has 2 N–H and O–H groups in total. The predicted octanol–water partition coefficient (Wildman–Crippen LogP) is 3.37. The zero-order valence-corrected chi connectivity index (χ0v) is 18.4. The number of rotatable bonds is 5. The van der Waals surface area contributed by atoms with Crippen molar-refractivity contribution in [3.8, 4) is 0 Å². The highest BCUT2D eigenvalue weighted by molar-refractivity contribution is 6.26. The lowest BCUT2D eigenvalue weighted by Gasteiger charge is -2.48. The highest BCUT2D eigenvalue weighted by atomic mass is 19.1. The predicted molar refractivity (Wildman–Crippen MR) is 120 cm³/mol. The molecule has 1 fully saturated rings. The fraction of sp³-hybridized carbons (Fsp3) is 0.360. The number of piperidine rings is 1. The van der Waals surface area contributed by atoms with Crippen LogP contribution >= 0.6 is 0 Å². The van der Waals surface area contributed by atoms with Gasteiger partial charge in [-0.1, -0.05) is 36.4 Å². The number of nitrogens with zero attached hydrogens (tertiary/aromatic N) is 2. The molecule has 0 radical (unpaired) electrons. The van der Waals surface area contributed by atoms with Gasteiger partial charge in [0.2, 0.25) is 0 Å². The van der Waals surface area contributed by atoms with Gasteiger partial charge < -0.3 is 10.5 Å². The average molecular weight is 438 g/mol. The van der Waals surface area contributed by atoms with E-state index < -0.39 is 23.2 Å². The second-order valence-corrected chi connectivity index (χ2v) is 8.42. The summed E-state index contributed by atoms with van der Waals surface area (Å²) in [6.07, 6.45) is 1.05. The van der Waals surface area contributed by atoms with Crippen LogP contribution in [-0.4, -0.2) is 41.5 Å². The number of nitrogens with two attached hydrogens (primary N) is 1. The summed E-state index contributed by atoms with van der Waals surface area (Å²) >= 11 is 0. The molecule has 1 amide bonds. The van der Waals surface area contributed by atoms with Crippen molar-refractivity contribution in [2.75, 3.05) is 18.1 Å². The van der Waals surface area contributed by atoms with Gasteiger partial charge in [-0.25, -0.2) is 9.18 Å². The summed E-state index contributed by atoms with van der Waals surface area (Å²) in [5.41, 5.74) is 7.31. The molecule has 2 atom stereocenters. The maximum absolute atomic E-state index is 14.1. The van der Waals surface area contributed by atoms with E-state index in [9.17, 15) is 14.0 Å². The largest absolute Gasteiger partial charge is 0.462 e. The number of halogens is 1. The molecule has 0 aliphatic carbocycles. The number of anilines is 1. The van der Waals surface area contributed by atoms with E-state index in [0.29, 0.717) is 25.1 Å². The third kappa shape index (κ3) is 3.77. The van der Waals surface area contributed by atoms with Gasteiger partial charge in [-0.3, -0.25) is 14.6 Å². The van der Waals surface area contributed by atoms with Crippen molar-refractivity contribution in [2.24, 2.45) is 5.73 Å². The van der Waals surface area contributed by atoms with Gasteiger partial charge in [0, 0.05) is 24.8 Å². The Morgan fingerprint density at radius 2 is 1.97 bits per heavy atom. The molecule has 32 heavy (non-hydrogen) atoms. The van der Waals surface area contributed by atoms with E-state index in [1.54, 1.807) is 19.1 Å². The van der Waals surface area contributed by atoms with Crippen molar-refractivity contribution >= 4 is 17.6 Å². The lowest BCUT2D eigenvalue weighted by Crippen LogP contribution is -2.59. The summed E-state index contributed by atoms with van der Waals surface area (Å²) in [6.45, 7) is 5.36. The summed E-state index contributed by atoms with van der Waals surface area (Å²) in [7, 11) is 0. The number of esters is 1. The molecule has 1 saturated heterocycles. The van der Waals surface area contributed by atoms with Crippen molar-refractivity contribution in [1.29, 1.82) is 0 Å². The maximum Gasteiger partial charge on any atom is 0.345 e. The molecule has 2 aliphatic heterocycles. The Morgan fingerprint density at radius 3 is 2.62 bits per heavy atom. The molecular weight excluding hydrogens is 409 g/mol. The molecule has 7 heteroatoms. The molecule has 0 aromatic heterocycles. The first-order chi connectivity index (χ1) is 15.4. The van der Waals surface area contributed by atoms with Gasteiger partial charge in [0.25, 0.3) is 5.91 Å². The van der Waals surface area contributed by atoms with Crippen LogP contribution in [0.3, 0.4) is 0 Å². The molecule has 4 rings (SSSR count). The first kappa shape index (κ1) is 22.0. The Labute approximate surface area is 187 Å². The summed E-state index contributed by atoms with van der Waals surface area (Å²) < 4.78 is 19.2. The molecular formula is C25H28FN3O3. The molecule has 2 unspecified atom stereocenters. The quantitative estimate of drug-likeness (QED) is 0.573. The van der Waals surface area contributed by atoms with Crippen LogP contribution in [0.5, 0.6) is 0 Å². The van der Waals surface area contributed by atoms with Gasteiger partial charge in [-0.05, 0) is 50.5 Å². The molecule has 6 nitrogen and oxygen atoms in total. The standard InChI is InChI=1S/C25H28FN3O3/c1-3-32-24(31)21-22(27)25(29(23(21)30)20-11-7-10-19(26)14-20)12-13-28(17(2)15-25)16-18-8-5-4-6-9-18/h4-11,14,17H,3,12-13,15-16,27H2,1-2H3. The summed E-state index contributed by atoms with van der Waals surface area (Å²) in [4.78, 5) is 29.9. The number of hydrogen-bond acceptors (Lipinski definition) is 5. The normalized spacial score (nSPS) is 23.8. The second-order valence-electron chi connectivity index (χ2n) is 8.42. The van der Waals surface area contributed by atoms with E-state index in [4.69, 9.17) is 10.5 Å². The molecule has 168 valence electrons. The number of carbonyl (C=O) groups excluding carboxylic acids is 2. The zero-order valence-electron chi connectivity index (χ0n) is 18.4. The fourth-order valence-electron chi connectivity index (χ4n) is 4.92. The summed E-state index contributed by atoms with van der Waals surface area (Å²) in [5, 5.41) is 0. The fourth-order valence-corrected chi connectivity index (χ4v) is 4.92. The number of likely N-dealkylation sites (tertiary alicyclic amines) is 1. The monoisotopic (exact) mass is 437 g/mol. The van der Waals surface area contributed by atoms with Crippen LogP contribution in [0.1, 0.15) is 32.3 Å². The van der Waals surface area contributed by atoms with Gasteiger partial charge in [-0.2, -0.15) is 0 Å². The van der Waals surface area contributed by atoms with E-state index in [0.717, 1.165) is 6.54 Å². The number of benzene rings is 2. The molecule has 2 heterocycles. The number of ether oxygens (including phenoxy) is 1. The van der Waals surface area contributed by atoms with Crippen LogP contribution in [0, 0.1) is 5.82 Å². The van der Waals surface area contributed by atoms with Crippen LogP contribution < -0.4 is 10.6 Å². The van der Waals surface area contributed by atoms with E-state index in [-0.39, 0.29) is 23.9 Å². The lowest BCUT2D eigenvalue weighted by atomic mass is 9.80. The molecule has 1 spiro atoms. The van der Waals surface area contributed by atoms with Gasteiger partial charge in [0.05, 0.1) is 17.8 Å². The second kappa shape index (κ2) is 8.74. The third-order valence-electron chi connectivity index (χ3n) is 6.46. The number of carbonyl (C=O) groups is 2.